The van der Waals surface area contributed by atoms with Gasteiger partial charge < -0.3 is 9.80 Å². The fourth-order valence-electron chi connectivity index (χ4n) is 10.4. The Hall–Kier alpha value is -7.72. The van der Waals surface area contributed by atoms with Crippen LogP contribution in [0.4, 0.5) is 34.1 Å². The van der Waals surface area contributed by atoms with E-state index in [9.17, 15) is 0 Å². The first-order valence-electron chi connectivity index (χ1n) is 21.8. The summed E-state index contributed by atoms with van der Waals surface area (Å²) in [4.78, 5) is 4.95. The van der Waals surface area contributed by atoms with Crippen LogP contribution in [0.3, 0.4) is 0 Å². The molecule has 13 rings (SSSR count). The van der Waals surface area contributed by atoms with Gasteiger partial charge in [0, 0.05) is 54.7 Å². The van der Waals surface area contributed by atoms with E-state index >= 15 is 0 Å². The molecule has 0 fully saturated rings. The van der Waals surface area contributed by atoms with E-state index in [0.29, 0.717) is 0 Å². The molecule has 296 valence electrons. The summed E-state index contributed by atoms with van der Waals surface area (Å²) >= 11 is 1.89. The fraction of sp³-hybridized carbons (Fsp3) is 0.0333. The van der Waals surface area contributed by atoms with Gasteiger partial charge in [0.1, 0.15) is 0 Å². The number of rotatable bonds is 7. The molecule has 0 spiro atoms. The zero-order chi connectivity index (χ0) is 41.4. The van der Waals surface area contributed by atoms with Crippen molar-refractivity contribution < 1.29 is 0 Å². The minimum atomic E-state index is 0.913. The van der Waals surface area contributed by atoms with Crippen LogP contribution in [0.25, 0.3) is 64.3 Å². The third-order valence-corrected chi connectivity index (χ3v) is 14.4. The van der Waals surface area contributed by atoms with Crippen LogP contribution in [-0.4, -0.2) is 0 Å². The molecule has 0 atom stereocenters. The number of thiophene rings is 1. The third-order valence-electron chi connectivity index (χ3n) is 13.3. The number of nitrogens with zero attached hydrogens (tertiary/aromatic N) is 2. The Morgan fingerprint density at radius 1 is 0.317 bits per heavy atom. The molecule has 0 aliphatic heterocycles. The highest BCUT2D eigenvalue weighted by Crippen LogP contribution is 2.51. The summed E-state index contributed by atoms with van der Waals surface area (Å²) in [7, 11) is 0. The average molecular weight is 821 g/mol. The monoisotopic (exact) mass is 820 g/mol. The minimum Gasteiger partial charge on any atom is -0.310 e. The SMILES string of the molecule is c1ccc(-c2ccc(N(c3ccccc3)c3cc4sc5ccc(N(c6ccc7c(c6)-c6ccccc6C7)c6cccc7c6Cc6ccccc6-7)cc5c4c4ccccc34)cc2)cc1. The van der Waals surface area contributed by atoms with Crippen molar-refractivity contribution in [1.29, 1.82) is 0 Å². The zero-order valence-corrected chi connectivity index (χ0v) is 35.3. The molecule has 2 nitrogen and oxygen atoms in total. The number of benzene rings is 10. The van der Waals surface area contributed by atoms with Gasteiger partial charge in [0.05, 0.1) is 11.4 Å². The van der Waals surface area contributed by atoms with E-state index in [1.807, 2.05) is 11.3 Å². The maximum atomic E-state index is 2.53. The molecule has 0 unspecified atom stereocenters. The summed E-state index contributed by atoms with van der Waals surface area (Å²) in [5.74, 6) is 0. The molecule has 3 heteroatoms. The second-order valence-corrected chi connectivity index (χ2v) is 17.9. The maximum absolute atomic E-state index is 2.53. The Labute approximate surface area is 371 Å². The molecule has 2 aliphatic rings. The lowest BCUT2D eigenvalue weighted by molar-refractivity contribution is 1.20. The molecule has 0 saturated carbocycles. The predicted molar refractivity (Wildman–Crippen MR) is 268 cm³/mol. The lowest BCUT2D eigenvalue weighted by Gasteiger charge is -2.28. The summed E-state index contributed by atoms with van der Waals surface area (Å²) in [6.45, 7) is 0. The van der Waals surface area contributed by atoms with Gasteiger partial charge in [0.25, 0.3) is 0 Å². The number of anilines is 6. The molecule has 0 radical (unpaired) electrons. The Balaban J connectivity index is 1.00. The highest BCUT2D eigenvalue weighted by Gasteiger charge is 2.27. The van der Waals surface area contributed by atoms with Gasteiger partial charge in [-0.05, 0) is 134 Å². The van der Waals surface area contributed by atoms with Crippen molar-refractivity contribution in [2.75, 3.05) is 9.80 Å². The molecule has 2 aliphatic carbocycles. The van der Waals surface area contributed by atoms with Crippen molar-refractivity contribution in [2.24, 2.45) is 0 Å². The molecule has 1 heterocycles. The first kappa shape index (κ1) is 36.0. The lowest BCUT2D eigenvalue weighted by atomic mass is 9.99. The summed E-state index contributed by atoms with van der Waals surface area (Å²) in [5.41, 5.74) is 20.3. The van der Waals surface area contributed by atoms with E-state index in [-0.39, 0.29) is 0 Å². The van der Waals surface area contributed by atoms with E-state index in [1.165, 1.54) is 104 Å². The summed E-state index contributed by atoms with van der Waals surface area (Å²) < 4.78 is 2.55. The van der Waals surface area contributed by atoms with Gasteiger partial charge in [-0.1, -0.05) is 152 Å². The highest BCUT2D eigenvalue weighted by molar-refractivity contribution is 7.26. The normalized spacial score (nSPS) is 12.3. The van der Waals surface area contributed by atoms with Crippen LogP contribution in [0.2, 0.25) is 0 Å². The van der Waals surface area contributed by atoms with Gasteiger partial charge in [-0.15, -0.1) is 11.3 Å². The molecule has 0 amide bonds. The largest absolute Gasteiger partial charge is 0.310 e. The first-order valence-corrected chi connectivity index (χ1v) is 22.7. The van der Waals surface area contributed by atoms with E-state index in [0.717, 1.165) is 29.9 Å². The molecule has 0 N–H and O–H groups in total. The zero-order valence-electron chi connectivity index (χ0n) is 34.5. The highest BCUT2D eigenvalue weighted by atomic mass is 32.1. The third kappa shape index (κ3) is 5.85. The summed E-state index contributed by atoms with van der Waals surface area (Å²) in [6, 6.07) is 80.8. The van der Waals surface area contributed by atoms with Crippen LogP contribution in [0, 0.1) is 0 Å². The van der Waals surface area contributed by atoms with Crippen molar-refractivity contribution in [3.8, 4) is 33.4 Å². The van der Waals surface area contributed by atoms with Crippen molar-refractivity contribution in [3.63, 3.8) is 0 Å². The number of hydrogen-bond donors (Lipinski definition) is 0. The Morgan fingerprint density at radius 2 is 0.889 bits per heavy atom. The van der Waals surface area contributed by atoms with Gasteiger partial charge in [0.2, 0.25) is 0 Å². The van der Waals surface area contributed by atoms with Crippen LogP contribution < -0.4 is 9.80 Å². The van der Waals surface area contributed by atoms with E-state index in [2.05, 4.69) is 228 Å². The van der Waals surface area contributed by atoms with Crippen LogP contribution in [0.5, 0.6) is 0 Å². The Bertz CT molecular complexity index is 3570. The fourth-order valence-corrected chi connectivity index (χ4v) is 11.5. The molecule has 11 aromatic rings. The van der Waals surface area contributed by atoms with Gasteiger partial charge in [-0.2, -0.15) is 0 Å². The second kappa shape index (κ2) is 14.4. The van der Waals surface area contributed by atoms with Crippen LogP contribution in [0.1, 0.15) is 22.3 Å². The molecule has 63 heavy (non-hydrogen) atoms. The van der Waals surface area contributed by atoms with Crippen LogP contribution in [-0.2, 0) is 12.8 Å². The van der Waals surface area contributed by atoms with Crippen molar-refractivity contribution in [2.45, 2.75) is 12.8 Å². The molecule has 10 aromatic carbocycles. The van der Waals surface area contributed by atoms with Gasteiger partial charge in [0.15, 0.2) is 0 Å². The molecule has 0 saturated heterocycles. The van der Waals surface area contributed by atoms with Crippen LogP contribution in [0.15, 0.2) is 218 Å². The van der Waals surface area contributed by atoms with Crippen molar-refractivity contribution in [3.05, 3.63) is 241 Å². The quantitative estimate of drug-likeness (QED) is 0.158. The number of para-hydroxylation sites is 1. The minimum absolute atomic E-state index is 0.913. The topological polar surface area (TPSA) is 6.48 Å². The van der Waals surface area contributed by atoms with E-state index in [1.54, 1.807) is 0 Å². The van der Waals surface area contributed by atoms with Gasteiger partial charge in [-0.3, -0.25) is 0 Å². The predicted octanol–water partition coefficient (Wildman–Crippen LogP) is 17.0. The van der Waals surface area contributed by atoms with Gasteiger partial charge >= 0.3 is 0 Å². The van der Waals surface area contributed by atoms with Crippen molar-refractivity contribution >= 4 is 76.4 Å². The standard InChI is InChI=1S/C60H40N2S/c1-3-14-39(15-4-1)40-26-29-45(30-27-40)61(44-18-5-2-6-19-44)57-38-59-60(52-23-12-11-22-51(52)57)55-37-47(32-33-58(55)63-59)62(46-31-28-43-34-41-16-7-10-21-49(41)53(43)36-46)56-25-13-24-50-48-20-9-8-17-42(48)35-54(50)56/h1-33,36-38H,34-35H2. The Kier molecular flexibility index (Phi) is 8.25. The molecule has 0 bridgehead atoms. The lowest BCUT2D eigenvalue weighted by Crippen LogP contribution is -2.12. The molecular weight excluding hydrogens is 781 g/mol. The maximum Gasteiger partial charge on any atom is 0.0554 e. The van der Waals surface area contributed by atoms with Gasteiger partial charge in [-0.25, -0.2) is 0 Å². The van der Waals surface area contributed by atoms with Crippen molar-refractivity contribution in [1.82, 2.24) is 0 Å². The van der Waals surface area contributed by atoms with E-state index < -0.39 is 0 Å². The molecular formula is C60H40N2S. The summed E-state index contributed by atoms with van der Waals surface area (Å²) in [5, 5.41) is 5.06. The second-order valence-electron chi connectivity index (χ2n) is 16.8. The summed E-state index contributed by atoms with van der Waals surface area (Å²) in [6.07, 6.45) is 1.89. The average Bonchev–Trinajstić information content (AvgIpc) is 4.04. The first-order chi connectivity index (χ1) is 31.2. The molecule has 1 aromatic heterocycles. The van der Waals surface area contributed by atoms with Crippen LogP contribution >= 0.6 is 11.3 Å². The van der Waals surface area contributed by atoms with E-state index in [4.69, 9.17) is 0 Å². The number of fused-ring (bicyclic) bond motifs is 11. The smallest absolute Gasteiger partial charge is 0.0554 e. The Morgan fingerprint density at radius 3 is 1.70 bits per heavy atom. The number of hydrogen-bond acceptors (Lipinski definition) is 3.